The third-order valence-corrected chi connectivity index (χ3v) is 4.78. The molecule has 0 unspecified atom stereocenters. The van der Waals surface area contributed by atoms with Gasteiger partial charge < -0.3 is 10.1 Å². The molecule has 1 aromatic carbocycles. The second-order valence-electron chi connectivity index (χ2n) is 5.46. The zero-order valence-electron chi connectivity index (χ0n) is 14.5. The summed E-state index contributed by atoms with van der Waals surface area (Å²) in [4.78, 5) is 11.9. The quantitative estimate of drug-likeness (QED) is 0.372. The van der Waals surface area contributed by atoms with Crippen LogP contribution in [0.1, 0.15) is 18.9 Å². The summed E-state index contributed by atoms with van der Waals surface area (Å²) < 4.78 is 31.5. The molecule has 0 aromatic heterocycles. The second kappa shape index (κ2) is 10.3. The molecule has 25 heavy (non-hydrogen) atoms. The first-order valence-corrected chi connectivity index (χ1v) is 9.54. The van der Waals surface area contributed by atoms with E-state index in [1.54, 1.807) is 19.2 Å². The van der Waals surface area contributed by atoms with Crippen molar-refractivity contribution in [3.63, 3.8) is 0 Å². The van der Waals surface area contributed by atoms with Gasteiger partial charge in [-0.1, -0.05) is 17.7 Å². The minimum atomic E-state index is -3.63. The van der Waals surface area contributed by atoms with Crippen molar-refractivity contribution in [1.82, 2.24) is 20.9 Å². The van der Waals surface area contributed by atoms with Crippen LogP contribution >= 0.6 is 12.2 Å². The molecule has 0 aliphatic heterocycles. The lowest BCUT2D eigenvalue weighted by molar-refractivity contribution is -0.121. The normalized spacial score (nSPS) is 12.3. The molecule has 1 amide bonds. The molecule has 1 aromatic rings. The van der Waals surface area contributed by atoms with Crippen molar-refractivity contribution in [3.8, 4) is 0 Å². The molecule has 140 valence electrons. The Bertz CT molecular complexity index is 677. The second-order valence-corrected chi connectivity index (χ2v) is 7.64. The van der Waals surface area contributed by atoms with Gasteiger partial charge in [-0.15, -0.1) is 0 Å². The summed E-state index contributed by atoms with van der Waals surface area (Å²) >= 11 is 5.01. The predicted molar refractivity (Wildman–Crippen MR) is 99.3 cm³/mol. The van der Waals surface area contributed by atoms with Gasteiger partial charge in [0.1, 0.15) is 0 Å². The van der Waals surface area contributed by atoms with E-state index in [1.165, 1.54) is 12.1 Å². The van der Waals surface area contributed by atoms with E-state index in [0.717, 1.165) is 5.56 Å². The van der Waals surface area contributed by atoms with E-state index in [-0.39, 0.29) is 29.0 Å². The van der Waals surface area contributed by atoms with Crippen LogP contribution in [0.5, 0.6) is 0 Å². The zero-order valence-corrected chi connectivity index (χ0v) is 16.1. The third-order valence-electron chi connectivity index (χ3n) is 3.09. The lowest BCUT2D eigenvalue weighted by Gasteiger charge is -2.16. The molecule has 0 aliphatic carbocycles. The third kappa shape index (κ3) is 8.25. The van der Waals surface area contributed by atoms with Crippen LogP contribution in [0.15, 0.2) is 29.2 Å². The number of rotatable bonds is 8. The number of nitrogens with one attached hydrogen (secondary N) is 4. The lowest BCUT2D eigenvalue weighted by atomic mass is 10.2. The Balaban J connectivity index is 2.32. The van der Waals surface area contributed by atoms with E-state index >= 15 is 0 Å². The molecule has 0 saturated heterocycles. The van der Waals surface area contributed by atoms with Crippen LogP contribution in [0.4, 0.5) is 0 Å². The molecular weight excluding hydrogens is 364 g/mol. The first kappa shape index (κ1) is 21.3. The van der Waals surface area contributed by atoms with E-state index < -0.39 is 15.9 Å². The number of hydrogen-bond donors (Lipinski definition) is 4. The summed E-state index contributed by atoms with van der Waals surface area (Å²) in [6, 6.07) is 6.45. The summed E-state index contributed by atoms with van der Waals surface area (Å²) in [6.45, 7) is 4.19. The van der Waals surface area contributed by atoms with Crippen LogP contribution < -0.4 is 20.9 Å². The van der Waals surface area contributed by atoms with Gasteiger partial charge in [0.05, 0.1) is 11.5 Å². The molecule has 4 N–H and O–H groups in total. The predicted octanol–water partition coefficient (Wildman–Crippen LogP) is 0.194. The zero-order chi connectivity index (χ0) is 18.9. The Morgan fingerprint density at radius 3 is 2.48 bits per heavy atom. The molecule has 0 aliphatic rings. The summed E-state index contributed by atoms with van der Waals surface area (Å²) in [5.41, 5.74) is 5.91. The molecular formula is C15H24N4O4S2. The van der Waals surface area contributed by atoms with Crippen LogP contribution in [0.3, 0.4) is 0 Å². The number of methoxy groups -OCH3 is 1. The van der Waals surface area contributed by atoms with Crippen molar-refractivity contribution in [3.05, 3.63) is 29.8 Å². The monoisotopic (exact) mass is 388 g/mol. The molecule has 0 radical (unpaired) electrons. The molecule has 1 atom stereocenters. The smallest absolute Gasteiger partial charge is 0.240 e. The summed E-state index contributed by atoms with van der Waals surface area (Å²) in [6.07, 6.45) is -0.0334. The fourth-order valence-corrected chi connectivity index (χ4v) is 3.12. The van der Waals surface area contributed by atoms with E-state index in [9.17, 15) is 13.2 Å². The molecule has 0 fully saturated rings. The number of hydrogen-bond acceptors (Lipinski definition) is 5. The van der Waals surface area contributed by atoms with Crippen LogP contribution in [0.2, 0.25) is 0 Å². The number of carbonyl (C=O) groups is 1. The molecule has 8 nitrogen and oxygen atoms in total. The highest BCUT2D eigenvalue weighted by Crippen LogP contribution is 2.09. The number of amides is 1. The first-order chi connectivity index (χ1) is 11.7. The van der Waals surface area contributed by atoms with Gasteiger partial charge in [-0.2, -0.15) is 0 Å². The van der Waals surface area contributed by atoms with Gasteiger partial charge >= 0.3 is 0 Å². The van der Waals surface area contributed by atoms with Crippen LogP contribution in [-0.2, 0) is 19.6 Å². The minimum absolute atomic E-state index is 0.0109. The van der Waals surface area contributed by atoms with Crippen molar-refractivity contribution in [2.75, 3.05) is 20.3 Å². The molecule has 0 saturated carbocycles. The standard InChI is InChI=1S/C15H24N4O4S2/c1-11-4-6-13(7-5-11)25(21,22)16-9-8-14(20)18-19-15(24)17-12(2)10-23-3/h4-7,12,16H,8-10H2,1-3H3,(H,18,20)(H2,17,19,24)/t12-/m1/s1. The van der Waals surface area contributed by atoms with Gasteiger partial charge in [-0.25, -0.2) is 13.1 Å². The fourth-order valence-electron chi connectivity index (χ4n) is 1.84. The number of aryl methyl sites for hydroxylation is 1. The molecule has 1 rings (SSSR count). The minimum Gasteiger partial charge on any atom is -0.383 e. The highest BCUT2D eigenvalue weighted by atomic mass is 32.2. The average Bonchev–Trinajstić information content (AvgIpc) is 2.53. The van der Waals surface area contributed by atoms with Gasteiger partial charge in [0.25, 0.3) is 0 Å². The number of hydrazine groups is 1. The highest BCUT2D eigenvalue weighted by molar-refractivity contribution is 7.89. The van der Waals surface area contributed by atoms with E-state index in [1.807, 2.05) is 13.8 Å². The molecule has 0 heterocycles. The Hall–Kier alpha value is -1.75. The summed E-state index contributed by atoms with van der Waals surface area (Å²) in [7, 11) is -2.05. The van der Waals surface area contributed by atoms with Gasteiger partial charge in [-0.3, -0.25) is 15.6 Å². The maximum absolute atomic E-state index is 12.1. The molecule has 0 spiro atoms. The van der Waals surface area contributed by atoms with Gasteiger partial charge in [-0.05, 0) is 38.2 Å². The topological polar surface area (TPSA) is 109 Å². The van der Waals surface area contributed by atoms with Crippen LogP contribution in [0, 0.1) is 6.92 Å². The SMILES string of the molecule is COC[C@@H](C)NC(=S)NNC(=O)CCNS(=O)(=O)c1ccc(C)cc1. The molecule has 10 heteroatoms. The number of ether oxygens (including phenoxy) is 1. The fraction of sp³-hybridized carbons (Fsp3) is 0.467. The van der Waals surface area contributed by atoms with Gasteiger partial charge in [0.2, 0.25) is 15.9 Å². The van der Waals surface area contributed by atoms with Crippen molar-refractivity contribution in [2.45, 2.75) is 31.2 Å². The average molecular weight is 389 g/mol. The van der Waals surface area contributed by atoms with Crippen LogP contribution in [0.25, 0.3) is 0 Å². The highest BCUT2D eigenvalue weighted by Gasteiger charge is 2.14. The maximum Gasteiger partial charge on any atom is 0.240 e. The number of sulfonamides is 1. The Morgan fingerprint density at radius 2 is 1.88 bits per heavy atom. The maximum atomic E-state index is 12.1. The van der Waals surface area contributed by atoms with E-state index in [0.29, 0.717) is 6.61 Å². The van der Waals surface area contributed by atoms with Gasteiger partial charge in [0, 0.05) is 26.1 Å². The van der Waals surface area contributed by atoms with Crippen molar-refractivity contribution < 1.29 is 17.9 Å². The van der Waals surface area contributed by atoms with Crippen molar-refractivity contribution >= 4 is 33.3 Å². The first-order valence-electron chi connectivity index (χ1n) is 7.65. The number of thiocarbonyl (C=S) groups is 1. The van der Waals surface area contributed by atoms with Crippen molar-refractivity contribution in [1.29, 1.82) is 0 Å². The Kier molecular flexibility index (Phi) is 8.76. The number of carbonyl (C=O) groups excluding carboxylic acids is 1. The summed E-state index contributed by atoms with van der Waals surface area (Å²) in [5, 5.41) is 3.16. The number of benzene rings is 1. The van der Waals surface area contributed by atoms with Crippen molar-refractivity contribution in [2.24, 2.45) is 0 Å². The lowest BCUT2D eigenvalue weighted by Crippen LogP contribution is -2.50. The largest absolute Gasteiger partial charge is 0.383 e. The molecule has 0 bridgehead atoms. The van der Waals surface area contributed by atoms with Gasteiger partial charge in [0.15, 0.2) is 5.11 Å². The Labute approximate surface area is 153 Å². The Morgan fingerprint density at radius 1 is 1.24 bits per heavy atom. The summed E-state index contributed by atoms with van der Waals surface area (Å²) in [5.74, 6) is -0.393. The van der Waals surface area contributed by atoms with E-state index in [2.05, 4.69) is 20.9 Å². The van der Waals surface area contributed by atoms with E-state index in [4.69, 9.17) is 17.0 Å². The van der Waals surface area contributed by atoms with Crippen LogP contribution in [-0.4, -0.2) is 45.7 Å².